The molecule has 33 heavy (non-hydrogen) atoms. The maximum Gasteiger partial charge on any atom is 0.332 e. The number of fused-ring (bicyclic) bond motifs is 1. The first-order valence-corrected chi connectivity index (χ1v) is 11.2. The number of hydrogen-bond donors (Lipinski definition) is 0. The van der Waals surface area contributed by atoms with E-state index in [-0.39, 0.29) is 24.5 Å². The second kappa shape index (κ2) is 8.51. The van der Waals surface area contributed by atoms with Gasteiger partial charge in [0.25, 0.3) is 5.56 Å². The number of methoxy groups -OCH3 is 1. The Balaban J connectivity index is 1.56. The van der Waals surface area contributed by atoms with E-state index in [2.05, 4.69) is 10.1 Å². The lowest BCUT2D eigenvalue weighted by Gasteiger charge is -2.11. The van der Waals surface area contributed by atoms with Gasteiger partial charge in [0.2, 0.25) is 11.7 Å². The number of ether oxygens (including phenoxy) is 1. The molecule has 0 bridgehead atoms. The Morgan fingerprint density at radius 2 is 1.79 bits per heavy atom. The molecule has 0 amide bonds. The van der Waals surface area contributed by atoms with Crippen molar-refractivity contribution in [2.75, 3.05) is 7.11 Å². The number of nitrogens with zero attached hydrogens (tertiary/aromatic N) is 4. The van der Waals surface area contributed by atoms with Gasteiger partial charge in [-0.2, -0.15) is 4.98 Å². The average Bonchev–Trinajstić information content (AvgIpc) is 3.51. The van der Waals surface area contributed by atoms with Crippen molar-refractivity contribution in [3.05, 3.63) is 97.8 Å². The highest BCUT2D eigenvalue weighted by Gasteiger charge is 2.18. The summed E-state index contributed by atoms with van der Waals surface area (Å²) in [7, 11) is 1.57. The van der Waals surface area contributed by atoms with Gasteiger partial charge in [-0.05, 0) is 36.1 Å². The Morgan fingerprint density at radius 1 is 1.00 bits per heavy atom. The molecule has 166 valence electrons. The van der Waals surface area contributed by atoms with Gasteiger partial charge in [0.15, 0.2) is 0 Å². The third-order valence-electron chi connectivity index (χ3n) is 5.41. The molecule has 0 atom stereocenters. The number of para-hydroxylation sites is 1. The van der Waals surface area contributed by atoms with E-state index in [1.807, 2.05) is 55.5 Å². The predicted octanol–water partition coefficient (Wildman–Crippen LogP) is 3.69. The van der Waals surface area contributed by atoms with Crippen LogP contribution in [0.25, 0.3) is 21.6 Å². The van der Waals surface area contributed by atoms with Crippen molar-refractivity contribution in [2.45, 2.75) is 20.0 Å². The summed E-state index contributed by atoms with van der Waals surface area (Å²) in [6.45, 7) is 2.22. The SMILES string of the molecule is COc1ccccc1-c1noc(Cn2c(=O)n(Cc3ccc(C)cc3)c(=O)c3sccc32)n1. The third kappa shape index (κ3) is 3.87. The van der Waals surface area contributed by atoms with Crippen LogP contribution in [0.15, 0.2) is 74.1 Å². The van der Waals surface area contributed by atoms with Gasteiger partial charge < -0.3 is 9.26 Å². The Bertz CT molecular complexity index is 1560. The lowest BCUT2D eigenvalue weighted by molar-refractivity contribution is 0.369. The fraction of sp³-hybridized carbons (Fsp3) is 0.167. The van der Waals surface area contributed by atoms with E-state index < -0.39 is 5.69 Å². The number of aryl methyl sites for hydroxylation is 1. The minimum absolute atomic E-state index is 0.0440. The molecule has 0 aliphatic heterocycles. The zero-order valence-corrected chi connectivity index (χ0v) is 18.8. The molecule has 0 saturated carbocycles. The zero-order chi connectivity index (χ0) is 22.9. The van der Waals surface area contributed by atoms with Crippen LogP contribution in [0.5, 0.6) is 5.75 Å². The van der Waals surface area contributed by atoms with E-state index in [0.29, 0.717) is 27.4 Å². The minimum atomic E-state index is -0.427. The van der Waals surface area contributed by atoms with Gasteiger partial charge in [0.05, 0.1) is 24.7 Å². The monoisotopic (exact) mass is 460 g/mol. The molecule has 5 rings (SSSR count). The van der Waals surface area contributed by atoms with Crippen LogP contribution in [0.3, 0.4) is 0 Å². The number of aromatic nitrogens is 4. The number of benzene rings is 2. The van der Waals surface area contributed by atoms with Crippen molar-refractivity contribution in [2.24, 2.45) is 0 Å². The van der Waals surface area contributed by atoms with E-state index >= 15 is 0 Å². The van der Waals surface area contributed by atoms with Gasteiger partial charge in [-0.15, -0.1) is 11.3 Å². The van der Waals surface area contributed by atoms with Crippen molar-refractivity contribution in [3.63, 3.8) is 0 Å². The Hall–Kier alpha value is -3.98. The summed E-state index contributed by atoms with van der Waals surface area (Å²) in [6, 6.07) is 16.9. The van der Waals surface area contributed by atoms with Gasteiger partial charge in [0.1, 0.15) is 17.0 Å². The highest BCUT2D eigenvalue weighted by molar-refractivity contribution is 7.17. The molecule has 9 heteroatoms. The van der Waals surface area contributed by atoms with E-state index in [0.717, 1.165) is 11.1 Å². The van der Waals surface area contributed by atoms with Crippen LogP contribution in [0.2, 0.25) is 0 Å². The highest BCUT2D eigenvalue weighted by Crippen LogP contribution is 2.27. The standard InChI is InChI=1S/C24H20N4O4S/c1-15-7-9-16(10-8-15)13-28-23(29)21-18(11-12-33-21)27(24(28)30)14-20-25-22(26-32-20)17-5-3-4-6-19(17)31-2/h3-12H,13-14H2,1-2H3. The smallest absolute Gasteiger partial charge is 0.332 e. The van der Waals surface area contributed by atoms with Crippen LogP contribution < -0.4 is 16.0 Å². The molecule has 0 aliphatic carbocycles. The van der Waals surface area contributed by atoms with Gasteiger partial charge in [-0.3, -0.25) is 13.9 Å². The van der Waals surface area contributed by atoms with E-state index in [9.17, 15) is 9.59 Å². The van der Waals surface area contributed by atoms with Gasteiger partial charge in [-0.25, -0.2) is 4.79 Å². The van der Waals surface area contributed by atoms with Crippen molar-refractivity contribution in [3.8, 4) is 17.1 Å². The molecule has 0 aliphatic rings. The highest BCUT2D eigenvalue weighted by atomic mass is 32.1. The molecule has 0 radical (unpaired) electrons. The summed E-state index contributed by atoms with van der Waals surface area (Å²) in [5.41, 5.74) is 2.49. The Labute approximate surface area is 192 Å². The average molecular weight is 461 g/mol. The van der Waals surface area contributed by atoms with Crippen molar-refractivity contribution < 1.29 is 9.26 Å². The molecule has 0 spiro atoms. The number of rotatable bonds is 6. The van der Waals surface area contributed by atoms with Crippen LogP contribution in [0.4, 0.5) is 0 Å². The molecular weight excluding hydrogens is 440 g/mol. The van der Waals surface area contributed by atoms with Crippen LogP contribution >= 0.6 is 11.3 Å². The summed E-state index contributed by atoms with van der Waals surface area (Å²) in [5, 5.41) is 5.86. The van der Waals surface area contributed by atoms with Gasteiger partial charge in [0, 0.05) is 0 Å². The van der Waals surface area contributed by atoms with Crippen molar-refractivity contribution in [1.29, 1.82) is 0 Å². The fourth-order valence-electron chi connectivity index (χ4n) is 3.69. The first-order valence-electron chi connectivity index (χ1n) is 10.3. The molecule has 0 unspecified atom stereocenters. The van der Waals surface area contributed by atoms with Crippen LogP contribution in [0, 0.1) is 6.92 Å². The maximum atomic E-state index is 13.4. The lowest BCUT2D eigenvalue weighted by Crippen LogP contribution is -2.40. The van der Waals surface area contributed by atoms with Crippen LogP contribution in [-0.2, 0) is 13.1 Å². The minimum Gasteiger partial charge on any atom is -0.496 e. The summed E-state index contributed by atoms with van der Waals surface area (Å²) in [4.78, 5) is 30.9. The lowest BCUT2D eigenvalue weighted by atomic mass is 10.1. The molecule has 2 aromatic carbocycles. The van der Waals surface area contributed by atoms with Crippen LogP contribution in [0.1, 0.15) is 17.0 Å². The predicted molar refractivity (Wildman–Crippen MR) is 126 cm³/mol. The van der Waals surface area contributed by atoms with E-state index in [1.165, 1.54) is 20.5 Å². The molecule has 0 fully saturated rings. The Morgan fingerprint density at radius 3 is 2.58 bits per heavy atom. The topological polar surface area (TPSA) is 92.2 Å². The first kappa shape index (κ1) is 20.9. The number of hydrogen-bond acceptors (Lipinski definition) is 7. The molecule has 3 heterocycles. The van der Waals surface area contributed by atoms with E-state index in [1.54, 1.807) is 18.6 Å². The quantitative estimate of drug-likeness (QED) is 0.384. The number of thiophene rings is 1. The third-order valence-corrected chi connectivity index (χ3v) is 6.30. The normalized spacial score (nSPS) is 11.2. The zero-order valence-electron chi connectivity index (χ0n) is 18.0. The largest absolute Gasteiger partial charge is 0.496 e. The summed E-state index contributed by atoms with van der Waals surface area (Å²) in [5.74, 6) is 1.24. The summed E-state index contributed by atoms with van der Waals surface area (Å²) < 4.78 is 14.1. The second-order valence-electron chi connectivity index (χ2n) is 7.59. The first-order chi connectivity index (χ1) is 16.0. The summed E-state index contributed by atoms with van der Waals surface area (Å²) >= 11 is 1.31. The molecule has 0 saturated heterocycles. The summed E-state index contributed by atoms with van der Waals surface area (Å²) in [6.07, 6.45) is 0. The molecule has 0 N–H and O–H groups in total. The van der Waals surface area contributed by atoms with Crippen molar-refractivity contribution in [1.82, 2.24) is 19.3 Å². The maximum absolute atomic E-state index is 13.4. The molecular formula is C24H20N4O4S. The molecule has 5 aromatic rings. The van der Waals surface area contributed by atoms with E-state index in [4.69, 9.17) is 9.26 Å². The fourth-order valence-corrected chi connectivity index (χ4v) is 4.54. The Kier molecular flexibility index (Phi) is 5.39. The second-order valence-corrected chi connectivity index (χ2v) is 8.51. The van der Waals surface area contributed by atoms with Crippen molar-refractivity contribution >= 4 is 21.6 Å². The molecule has 3 aromatic heterocycles. The molecule has 8 nitrogen and oxygen atoms in total. The van der Waals surface area contributed by atoms with Gasteiger partial charge >= 0.3 is 5.69 Å². The van der Waals surface area contributed by atoms with Gasteiger partial charge in [-0.1, -0.05) is 47.1 Å². The van der Waals surface area contributed by atoms with Crippen LogP contribution in [-0.4, -0.2) is 26.4 Å².